The van der Waals surface area contributed by atoms with Crippen molar-refractivity contribution in [2.75, 3.05) is 12.3 Å². The number of carbonyl (C=O) groups is 1. The van der Waals surface area contributed by atoms with Crippen LogP contribution in [0.3, 0.4) is 0 Å². The molecule has 0 N–H and O–H groups in total. The van der Waals surface area contributed by atoms with E-state index in [0.717, 1.165) is 31.3 Å². The third-order valence-corrected chi connectivity index (χ3v) is 6.29. The lowest BCUT2D eigenvalue weighted by molar-refractivity contribution is -0.131. The lowest BCUT2D eigenvalue weighted by atomic mass is 10.0. The molecule has 1 fully saturated rings. The molecule has 0 radical (unpaired) electrons. The summed E-state index contributed by atoms with van der Waals surface area (Å²) in [5.41, 5.74) is 0.730. The van der Waals surface area contributed by atoms with Gasteiger partial charge in [0.1, 0.15) is 0 Å². The van der Waals surface area contributed by atoms with Gasteiger partial charge in [-0.25, -0.2) is 0 Å². The number of hydrogen-bond donors (Lipinski definition) is 0. The fourth-order valence-corrected chi connectivity index (χ4v) is 4.76. The number of hydrogen-bond acceptors (Lipinski definition) is 5. The first-order valence-electron chi connectivity index (χ1n) is 9.90. The third-order valence-electron chi connectivity index (χ3n) is 5.37. The van der Waals surface area contributed by atoms with Crippen molar-refractivity contribution in [3.05, 3.63) is 34.6 Å². The first kappa shape index (κ1) is 19.0. The Morgan fingerprint density at radius 1 is 1.25 bits per heavy atom. The maximum absolute atomic E-state index is 12.9. The summed E-state index contributed by atoms with van der Waals surface area (Å²) in [5, 5.41) is 9.88. The average molecular weight is 400 g/mol. The summed E-state index contributed by atoms with van der Waals surface area (Å²) in [7, 11) is 0. The molecule has 1 atom stereocenters. The van der Waals surface area contributed by atoms with Crippen molar-refractivity contribution in [2.24, 2.45) is 0 Å². The molecule has 2 aromatic heterocycles. The van der Waals surface area contributed by atoms with Crippen LogP contribution in [0.15, 0.2) is 34.2 Å². The van der Waals surface area contributed by atoms with Gasteiger partial charge >= 0.3 is 0 Å². The Morgan fingerprint density at radius 3 is 2.86 bits per heavy atom. The molecule has 0 saturated carbocycles. The van der Waals surface area contributed by atoms with Crippen LogP contribution in [0.1, 0.15) is 39.5 Å². The van der Waals surface area contributed by atoms with Crippen LogP contribution in [-0.4, -0.2) is 48.3 Å². The SMILES string of the molecule is CCCn1c(=O)c2ccccc2n2c(SCC(=O)N3CCCC[C@H]3C)nnc12. The summed E-state index contributed by atoms with van der Waals surface area (Å²) < 4.78 is 3.58. The lowest BCUT2D eigenvalue weighted by Crippen LogP contribution is -2.42. The molecule has 0 spiro atoms. The molecule has 1 amide bonds. The lowest BCUT2D eigenvalue weighted by Gasteiger charge is -2.33. The maximum atomic E-state index is 12.9. The van der Waals surface area contributed by atoms with Gasteiger partial charge in [0.15, 0.2) is 5.16 Å². The molecule has 7 nitrogen and oxygen atoms in total. The van der Waals surface area contributed by atoms with Crippen molar-refractivity contribution in [2.45, 2.75) is 57.3 Å². The number of amides is 1. The zero-order chi connectivity index (χ0) is 19.7. The van der Waals surface area contributed by atoms with Gasteiger partial charge in [-0.1, -0.05) is 30.8 Å². The summed E-state index contributed by atoms with van der Waals surface area (Å²) in [5.74, 6) is 0.999. The first-order chi connectivity index (χ1) is 13.6. The van der Waals surface area contributed by atoms with Gasteiger partial charge in [0, 0.05) is 19.1 Å². The van der Waals surface area contributed by atoms with Gasteiger partial charge in [0.05, 0.1) is 16.7 Å². The fraction of sp³-hybridized carbons (Fsp3) is 0.500. The van der Waals surface area contributed by atoms with E-state index < -0.39 is 0 Å². The van der Waals surface area contributed by atoms with E-state index in [0.29, 0.717) is 34.7 Å². The second kappa shape index (κ2) is 7.95. The van der Waals surface area contributed by atoms with Crippen LogP contribution in [0.5, 0.6) is 0 Å². The van der Waals surface area contributed by atoms with Crippen LogP contribution in [0.4, 0.5) is 0 Å². The van der Waals surface area contributed by atoms with Gasteiger partial charge in [0.25, 0.3) is 5.56 Å². The minimum atomic E-state index is -0.0490. The smallest absolute Gasteiger partial charge is 0.262 e. The van der Waals surface area contributed by atoms with Crippen molar-refractivity contribution < 1.29 is 4.79 Å². The van der Waals surface area contributed by atoms with Crippen LogP contribution in [-0.2, 0) is 11.3 Å². The van der Waals surface area contributed by atoms with E-state index in [2.05, 4.69) is 17.1 Å². The number of likely N-dealkylation sites (tertiary alicyclic amines) is 1. The van der Waals surface area contributed by atoms with E-state index in [1.807, 2.05) is 40.5 Å². The number of piperidine rings is 1. The van der Waals surface area contributed by atoms with Crippen LogP contribution < -0.4 is 5.56 Å². The van der Waals surface area contributed by atoms with E-state index in [-0.39, 0.29) is 11.5 Å². The zero-order valence-electron chi connectivity index (χ0n) is 16.3. The molecule has 3 heterocycles. The van der Waals surface area contributed by atoms with Crippen molar-refractivity contribution in [1.82, 2.24) is 24.1 Å². The standard InChI is InChI=1S/C20H25N5O2S/c1-3-11-24-18(27)15-9-4-5-10-16(15)25-19(24)21-22-20(25)28-13-17(26)23-12-7-6-8-14(23)2/h4-5,9-10,14H,3,6-8,11-13H2,1-2H3/t14-/m1/s1. The zero-order valence-corrected chi connectivity index (χ0v) is 17.1. The second-order valence-electron chi connectivity index (χ2n) is 7.31. The molecule has 1 saturated heterocycles. The monoisotopic (exact) mass is 399 g/mol. The molecule has 148 valence electrons. The number of rotatable bonds is 5. The molecule has 3 aromatic rings. The molecule has 8 heteroatoms. The van der Waals surface area contributed by atoms with Crippen molar-refractivity contribution in [3.63, 3.8) is 0 Å². The summed E-state index contributed by atoms with van der Waals surface area (Å²) in [6.45, 7) is 5.56. The highest BCUT2D eigenvalue weighted by Gasteiger charge is 2.24. The van der Waals surface area contributed by atoms with E-state index in [4.69, 9.17) is 0 Å². The van der Waals surface area contributed by atoms with Crippen molar-refractivity contribution >= 4 is 34.3 Å². The van der Waals surface area contributed by atoms with Gasteiger partial charge in [0.2, 0.25) is 11.7 Å². The number of nitrogens with zero attached hydrogens (tertiary/aromatic N) is 5. The number of aryl methyl sites for hydroxylation is 1. The van der Waals surface area contributed by atoms with Gasteiger partial charge in [-0.05, 0) is 44.7 Å². The Bertz CT molecular complexity index is 1070. The van der Waals surface area contributed by atoms with Crippen LogP contribution in [0.2, 0.25) is 0 Å². The molecule has 1 aromatic carbocycles. The maximum Gasteiger partial charge on any atom is 0.262 e. The minimum absolute atomic E-state index is 0.0490. The topological polar surface area (TPSA) is 72.5 Å². The minimum Gasteiger partial charge on any atom is -0.339 e. The van der Waals surface area contributed by atoms with Crippen LogP contribution in [0.25, 0.3) is 16.7 Å². The summed E-state index contributed by atoms with van der Waals surface area (Å²) in [6, 6.07) is 7.80. The van der Waals surface area contributed by atoms with Gasteiger partial charge in [-0.3, -0.25) is 18.6 Å². The third kappa shape index (κ3) is 3.30. The average Bonchev–Trinajstić information content (AvgIpc) is 3.13. The Hall–Kier alpha value is -2.35. The Balaban J connectivity index is 1.70. The summed E-state index contributed by atoms with van der Waals surface area (Å²) >= 11 is 1.39. The number of thioether (sulfide) groups is 1. The van der Waals surface area contributed by atoms with E-state index in [1.165, 1.54) is 18.2 Å². The molecule has 1 aliphatic rings. The van der Waals surface area contributed by atoms with Gasteiger partial charge in [-0.2, -0.15) is 0 Å². The predicted octanol–water partition coefficient (Wildman–Crippen LogP) is 2.95. The number of benzene rings is 1. The summed E-state index contributed by atoms with van der Waals surface area (Å²) in [6.07, 6.45) is 4.16. The highest BCUT2D eigenvalue weighted by Crippen LogP contribution is 2.23. The van der Waals surface area contributed by atoms with E-state index >= 15 is 0 Å². The predicted molar refractivity (Wildman–Crippen MR) is 111 cm³/mol. The Kier molecular flexibility index (Phi) is 5.39. The molecular weight excluding hydrogens is 374 g/mol. The van der Waals surface area contributed by atoms with Crippen molar-refractivity contribution in [1.29, 1.82) is 0 Å². The highest BCUT2D eigenvalue weighted by atomic mass is 32.2. The quantitative estimate of drug-likeness (QED) is 0.617. The largest absolute Gasteiger partial charge is 0.339 e. The molecule has 4 rings (SSSR count). The summed E-state index contributed by atoms with van der Waals surface area (Å²) in [4.78, 5) is 27.6. The molecule has 0 bridgehead atoms. The number of carbonyl (C=O) groups excluding carboxylic acids is 1. The normalized spacial score (nSPS) is 17.5. The number of aromatic nitrogens is 4. The highest BCUT2D eigenvalue weighted by molar-refractivity contribution is 7.99. The van der Waals surface area contributed by atoms with Crippen LogP contribution in [0, 0.1) is 0 Å². The van der Waals surface area contributed by atoms with E-state index in [9.17, 15) is 9.59 Å². The van der Waals surface area contributed by atoms with Gasteiger partial charge in [-0.15, -0.1) is 10.2 Å². The molecule has 0 unspecified atom stereocenters. The first-order valence-corrected chi connectivity index (χ1v) is 10.9. The van der Waals surface area contributed by atoms with E-state index in [1.54, 1.807) is 4.57 Å². The Labute approximate surface area is 167 Å². The van der Waals surface area contributed by atoms with Crippen molar-refractivity contribution in [3.8, 4) is 0 Å². The molecular formula is C20H25N5O2S. The number of fused-ring (bicyclic) bond motifs is 3. The van der Waals surface area contributed by atoms with Gasteiger partial charge < -0.3 is 4.90 Å². The second-order valence-corrected chi connectivity index (χ2v) is 8.26. The fourth-order valence-electron chi connectivity index (χ4n) is 3.93. The Morgan fingerprint density at radius 2 is 2.07 bits per heavy atom. The molecule has 28 heavy (non-hydrogen) atoms. The molecule has 1 aliphatic heterocycles. The number of para-hydroxylation sites is 1. The molecule has 0 aliphatic carbocycles. The van der Waals surface area contributed by atoms with Crippen LogP contribution >= 0.6 is 11.8 Å².